The molecule has 0 fully saturated rings. The van der Waals surface area contributed by atoms with E-state index in [-0.39, 0.29) is 0 Å². The standard InChI is InChI=1S/C8H7IO3/c9-7(8(10)11)12-6-4-2-1-3-5-6/h1-5,7H,(H,10,11). The molecular weight excluding hydrogens is 271 g/mol. The smallest absolute Gasteiger partial charge is 0.355 e. The molecule has 0 bridgehead atoms. The van der Waals surface area contributed by atoms with E-state index in [2.05, 4.69) is 0 Å². The highest BCUT2D eigenvalue weighted by Crippen LogP contribution is 2.13. The van der Waals surface area contributed by atoms with E-state index in [9.17, 15) is 4.79 Å². The summed E-state index contributed by atoms with van der Waals surface area (Å²) in [5, 5.41) is 8.51. The molecule has 1 unspecified atom stereocenters. The van der Waals surface area contributed by atoms with Gasteiger partial charge in [-0.25, -0.2) is 4.79 Å². The van der Waals surface area contributed by atoms with Gasteiger partial charge in [-0.2, -0.15) is 0 Å². The number of carbonyl (C=O) groups is 1. The number of carboxylic acid groups (broad SMARTS) is 1. The third kappa shape index (κ3) is 2.69. The van der Waals surface area contributed by atoms with Crippen molar-refractivity contribution in [2.75, 3.05) is 0 Å². The minimum absolute atomic E-state index is 0.569. The molecule has 0 heterocycles. The number of para-hydroxylation sites is 1. The van der Waals surface area contributed by atoms with E-state index in [0.29, 0.717) is 5.75 Å². The summed E-state index contributed by atoms with van der Waals surface area (Å²) >= 11 is 1.71. The van der Waals surface area contributed by atoms with Crippen LogP contribution in [-0.4, -0.2) is 15.2 Å². The lowest BCUT2D eigenvalue weighted by Gasteiger charge is -2.07. The molecule has 12 heavy (non-hydrogen) atoms. The fourth-order valence-electron chi connectivity index (χ4n) is 0.669. The second-order valence-electron chi connectivity index (χ2n) is 2.09. The Bertz CT molecular complexity index is 260. The number of aliphatic carboxylic acids is 1. The van der Waals surface area contributed by atoms with Crippen LogP contribution in [0.3, 0.4) is 0 Å². The summed E-state index contributed by atoms with van der Waals surface area (Å²) in [5.74, 6) is -0.404. The van der Waals surface area contributed by atoms with Crippen molar-refractivity contribution in [1.82, 2.24) is 0 Å². The summed E-state index contributed by atoms with van der Waals surface area (Å²) in [6.07, 6.45) is 0. The van der Waals surface area contributed by atoms with Crippen LogP contribution in [0, 0.1) is 0 Å². The molecule has 4 heteroatoms. The highest BCUT2D eigenvalue weighted by atomic mass is 127. The van der Waals surface area contributed by atoms with Gasteiger partial charge in [0.1, 0.15) is 5.75 Å². The Balaban J connectivity index is 2.58. The number of alkyl halides is 1. The van der Waals surface area contributed by atoms with Gasteiger partial charge in [-0.15, -0.1) is 0 Å². The van der Waals surface area contributed by atoms with Gasteiger partial charge in [0.05, 0.1) is 0 Å². The molecule has 3 nitrogen and oxygen atoms in total. The number of halogens is 1. The molecule has 1 atom stereocenters. The number of benzene rings is 1. The van der Waals surface area contributed by atoms with Crippen LogP contribution < -0.4 is 4.74 Å². The van der Waals surface area contributed by atoms with Crippen molar-refractivity contribution in [2.45, 2.75) is 4.11 Å². The molecule has 1 aromatic rings. The summed E-state index contributed by atoms with van der Waals surface area (Å²) in [6, 6.07) is 8.86. The summed E-state index contributed by atoms with van der Waals surface area (Å²) in [7, 11) is 0. The quantitative estimate of drug-likeness (QED) is 0.678. The lowest BCUT2D eigenvalue weighted by molar-refractivity contribution is -0.140. The van der Waals surface area contributed by atoms with Gasteiger partial charge in [-0.05, 0) is 34.7 Å². The average Bonchev–Trinajstić information content (AvgIpc) is 2.06. The Labute approximate surface area is 83.5 Å². The minimum atomic E-state index is -0.973. The Kier molecular flexibility index (Phi) is 3.33. The molecule has 1 rings (SSSR count). The molecule has 0 saturated carbocycles. The molecule has 0 saturated heterocycles. The van der Waals surface area contributed by atoms with Gasteiger partial charge in [0.15, 0.2) is 0 Å². The zero-order valence-corrected chi connectivity index (χ0v) is 8.26. The zero-order chi connectivity index (χ0) is 8.97. The van der Waals surface area contributed by atoms with Crippen molar-refractivity contribution in [1.29, 1.82) is 0 Å². The molecule has 0 spiro atoms. The molecule has 1 N–H and O–H groups in total. The van der Waals surface area contributed by atoms with Crippen LogP contribution >= 0.6 is 22.6 Å². The predicted octanol–water partition coefficient (Wildman–Crippen LogP) is 1.91. The Morgan fingerprint density at radius 1 is 1.42 bits per heavy atom. The van der Waals surface area contributed by atoms with Gasteiger partial charge in [0.2, 0.25) is 4.11 Å². The van der Waals surface area contributed by atoms with E-state index >= 15 is 0 Å². The van der Waals surface area contributed by atoms with Gasteiger partial charge < -0.3 is 9.84 Å². The highest BCUT2D eigenvalue weighted by Gasteiger charge is 2.13. The summed E-state index contributed by atoms with van der Waals surface area (Å²) in [6.45, 7) is 0. The van der Waals surface area contributed by atoms with Crippen molar-refractivity contribution in [3.63, 3.8) is 0 Å². The molecule has 0 aliphatic carbocycles. The summed E-state index contributed by atoms with van der Waals surface area (Å²) < 4.78 is 4.23. The average molecular weight is 278 g/mol. The maximum atomic E-state index is 10.4. The highest BCUT2D eigenvalue weighted by molar-refractivity contribution is 14.1. The molecule has 0 radical (unpaired) electrons. The van der Waals surface area contributed by atoms with Gasteiger partial charge in [0.25, 0.3) is 0 Å². The topological polar surface area (TPSA) is 46.5 Å². The second-order valence-corrected chi connectivity index (χ2v) is 3.22. The molecule has 1 aromatic carbocycles. The van der Waals surface area contributed by atoms with Gasteiger partial charge >= 0.3 is 5.97 Å². The molecule has 0 aromatic heterocycles. The van der Waals surface area contributed by atoms with E-state index in [0.717, 1.165) is 0 Å². The van der Waals surface area contributed by atoms with E-state index in [1.54, 1.807) is 46.9 Å². The first-order chi connectivity index (χ1) is 5.70. The molecule has 64 valence electrons. The fraction of sp³-hybridized carbons (Fsp3) is 0.125. The van der Waals surface area contributed by atoms with Crippen LogP contribution in [0.5, 0.6) is 5.75 Å². The monoisotopic (exact) mass is 278 g/mol. The van der Waals surface area contributed by atoms with Crippen molar-refractivity contribution in [2.24, 2.45) is 0 Å². The first-order valence-electron chi connectivity index (χ1n) is 3.29. The third-order valence-corrected chi connectivity index (χ3v) is 1.96. The number of hydrogen-bond donors (Lipinski definition) is 1. The first-order valence-corrected chi connectivity index (χ1v) is 4.53. The van der Waals surface area contributed by atoms with Gasteiger partial charge in [-0.1, -0.05) is 18.2 Å². The van der Waals surface area contributed by atoms with Crippen LogP contribution in [0.15, 0.2) is 30.3 Å². The van der Waals surface area contributed by atoms with Crippen molar-refractivity contribution < 1.29 is 14.6 Å². The van der Waals surface area contributed by atoms with Crippen molar-refractivity contribution >= 4 is 28.6 Å². The SMILES string of the molecule is O=C(O)C(I)Oc1ccccc1. The number of hydrogen-bond acceptors (Lipinski definition) is 2. The molecule has 0 aliphatic heterocycles. The van der Waals surface area contributed by atoms with E-state index in [4.69, 9.17) is 9.84 Å². The molecule has 0 aliphatic rings. The maximum Gasteiger partial charge on any atom is 0.355 e. The first kappa shape index (κ1) is 9.31. The Morgan fingerprint density at radius 2 is 2.00 bits per heavy atom. The largest absolute Gasteiger partial charge is 0.478 e. The molecular formula is C8H7IO3. The predicted molar refractivity (Wildman–Crippen MR) is 52.5 cm³/mol. The van der Waals surface area contributed by atoms with Crippen molar-refractivity contribution in [3.05, 3.63) is 30.3 Å². The van der Waals surface area contributed by atoms with Gasteiger partial charge in [-0.3, -0.25) is 0 Å². The lowest BCUT2D eigenvalue weighted by atomic mass is 10.3. The van der Waals surface area contributed by atoms with Crippen LogP contribution in [-0.2, 0) is 4.79 Å². The number of rotatable bonds is 3. The fourth-order valence-corrected chi connectivity index (χ4v) is 0.963. The van der Waals surface area contributed by atoms with Crippen LogP contribution in [0.2, 0.25) is 0 Å². The number of ether oxygens (including phenoxy) is 1. The number of carboxylic acids is 1. The van der Waals surface area contributed by atoms with E-state index in [1.165, 1.54) is 0 Å². The lowest BCUT2D eigenvalue weighted by Crippen LogP contribution is -2.19. The van der Waals surface area contributed by atoms with Crippen LogP contribution in [0.1, 0.15) is 0 Å². The summed E-state index contributed by atoms with van der Waals surface area (Å²) in [5.41, 5.74) is 0. The zero-order valence-electron chi connectivity index (χ0n) is 6.11. The third-order valence-electron chi connectivity index (χ3n) is 1.18. The Morgan fingerprint density at radius 3 is 2.50 bits per heavy atom. The normalized spacial score (nSPS) is 12.1. The minimum Gasteiger partial charge on any atom is -0.478 e. The summed E-state index contributed by atoms with van der Waals surface area (Å²) in [4.78, 5) is 10.4. The van der Waals surface area contributed by atoms with E-state index in [1.807, 2.05) is 6.07 Å². The second kappa shape index (κ2) is 4.30. The molecule has 0 amide bonds. The van der Waals surface area contributed by atoms with Gasteiger partial charge in [0, 0.05) is 0 Å². The van der Waals surface area contributed by atoms with Crippen LogP contribution in [0.4, 0.5) is 0 Å². The Hall–Kier alpha value is -0.780. The van der Waals surface area contributed by atoms with Crippen LogP contribution in [0.25, 0.3) is 0 Å². The maximum absolute atomic E-state index is 10.4. The van der Waals surface area contributed by atoms with Crippen molar-refractivity contribution in [3.8, 4) is 5.75 Å². The van der Waals surface area contributed by atoms with E-state index < -0.39 is 10.1 Å².